The second kappa shape index (κ2) is 7.82. The van der Waals surface area contributed by atoms with E-state index in [4.69, 9.17) is 4.74 Å². The lowest BCUT2D eigenvalue weighted by Crippen LogP contribution is -2.45. The van der Waals surface area contributed by atoms with Crippen LogP contribution in [0.15, 0.2) is 18.2 Å². The first-order valence-corrected chi connectivity index (χ1v) is 7.63. The van der Waals surface area contributed by atoms with Crippen LogP contribution in [0.4, 0.5) is 8.78 Å². The maximum Gasteiger partial charge on any atom is 0.163 e. The lowest BCUT2D eigenvalue weighted by molar-refractivity contribution is -0.0212. The Hall–Kier alpha value is -1.04. The highest BCUT2D eigenvalue weighted by Gasteiger charge is 2.23. The Morgan fingerprint density at radius 2 is 2.24 bits per heavy atom. The summed E-state index contributed by atoms with van der Waals surface area (Å²) in [5, 5.41) is 3.33. The standard InChI is InChI=1S/C16H24F2N2O/c1-3-7-19-15(11-20-8-9-21-12(2)10-20)13-5-4-6-14(17)16(13)18/h4-6,12,15,19H,3,7-11H2,1-2H3. The van der Waals surface area contributed by atoms with Crippen LogP contribution >= 0.6 is 0 Å². The van der Waals surface area contributed by atoms with Gasteiger partial charge < -0.3 is 10.1 Å². The molecule has 21 heavy (non-hydrogen) atoms. The Labute approximate surface area is 125 Å². The van der Waals surface area contributed by atoms with Gasteiger partial charge in [0.25, 0.3) is 0 Å². The highest BCUT2D eigenvalue weighted by molar-refractivity contribution is 5.23. The fraction of sp³-hybridized carbons (Fsp3) is 0.625. The number of morpholine rings is 1. The maximum atomic E-state index is 14.1. The molecule has 2 rings (SSSR count). The van der Waals surface area contributed by atoms with E-state index in [0.717, 1.165) is 32.1 Å². The molecule has 1 aromatic rings. The summed E-state index contributed by atoms with van der Waals surface area (Å²) in [5.41, 5.74) is 0.405. The zero-order valence-corrected chi connectivity index (χ0v) is 12.7. The molecule has 0 spiro atoms. The Balaban J connectivity index is 2.11. The van der Waals surface area contributed by atoms with E-state index in [1.807, 2.05) is 6.92 Å². The molecule has 2 unspecified atom stereocenters. The molecule has 0 bridgehead atoms. The highest BCUT2D eigenvalue weighted by atomic mass is 19.2. The van der Waals surface area contributed by atoms with Crippen molar-refractivity contribution < 1.29 is 13.5 Å². The van der Waals surface area contributed by atoms with Crippen molar-refractivity contribution in [3.05, 3.63) is 35.4 Å². The average molecular weight is 298 g/mol. The van der Waals surface area contributed by atoms with Crippen molar-refractivity contribution in [1.29, 1.82) is 0 Å². The zero-order chi connectivity index (χ0) is 15.2. The fourth-order valence-electron chi connectivity index (χ4n) is 2.70. The molecule has 118 valence electrons. The van der Waals surface area contributed by atoms with Gasteiger partial charge in [0.05, 0.1) is 12.7 Å². The SMILES string of the molecule is CCCNC(CN1CCOC(C)C1)c1cccc(F)c1F. The molecule has 1 aliphatic heterocycles. The summed E-state index contributed by atoms with van der Waals surface area (Å²) in [5.74, 6) is -1.53. The van der Waals surface area contributed by atoms with Crippen LogP contribution in [0, 0.1) is 11.6 Å². The Kier molecular flexibility index (Phi) is 6.08. The van der Waals surface area contributed by atoms with Crippen LogP contribution in [-0.4, -0.2) is 43.8 Å². The molecular weight excluding hydrogens is 274 g/mol. The number of nitrogens with zero attached hydrogens (tertiary/aromatic N) is 1. The molecule has 0 aliphatic carbocycles. The summed E-state index contributed by atoms with van der Waals surface area (Å²) in [7, 11) is 0. The Bertz CT molecular complexity index is 456. The van der Waals surface area contributed by atoms with Gasteiger partial charge in [-0.05, 0) is 26.0 Å². The monoisotopic (exact) mass is 298 g/mol. The molecule has 5 heteroatoms. The molecule has 1 saturated heterocycles. The zero-order valence-electron chi connectivity index (χ0n) is 12.7. The van der Waals surface area contributed by atoms with Crippen molar-refractivity contribution in [2.24, 2.45) is 0 Å². The summed E-state index contributed by atoms with van der Waals surface area (Å²) >= 11 is 0. The van der Waals surface area contributed by atoms with E-state index >= 15 is 0 Å². The fourth-order valence-corrected chi connectivity index (χ4v) is 2.70. The third-order valence-electron chi connectivity index (χ3n) is 3.76. The van der Waals surface area contributed by atoms with Gasteiger partial charge >= 0.3 is 0 Å². The molecule has 1 N–H and O–H groups in total. The number of halogens is 2. The third kappa shape index (κ3) is 4.46. The van der Waals surface area contributed by atoms with Crippen molar-refractivity contribution in [3.63, 3.8) is 0 Å². The average Bonchev–Trinajstić information content (AvgIpc) is 2.47. The molecule has 0 saturated carbocycles. The maximum absolute atomic E-state index is 14.1. The van der Waals surface area contributed by atoms with Gasteiger partial charge in [0, 0.05) is 31.2 Å². The quantitative estimate of drug-likeness (QED) is 0.874. The van der Waals surface area contributed by atoms with Gasteiger partial charge in [-0.25, -0.2) is 8.78 Å². The molecule has 1 aromatic carbocycles. The van der Waals surface area contributed by atoms with E-state index in [2.05, 4.69) is 17.1 Å². The minimum atomic E-state index is -0.786. The second-order valence-corrected chi connectivity index (χ2v) is 5.59. The van der Waals surface area contributed by atoms with E-state index in [1.165, 1.54) is 0 Å². The molecule has 1 heterocycles. The molecule has 3 nitrogen and oxygen atoms in total. The van der Waals surface area contributed by atoms with Crippen LogP contribution < -0.4 is 5.32 Å². The van der Waals surface area contributed by atoms with Crippen LogP contribution in [0.1, 0.15) is 31.9 Å². The topological polar surface area (TPSA) is 24.5 Å². The minimum Gasteiger partial charge on any atom is -0.376 e. The lowest BCUT2D eigenvalue weighted by Gasteiger charge is -2.34. The van der Waals surface area contributed by atoms with Crippen molar-refractivity contribution >= 4 is 0 Å². The largest absolute Gasteiger partial charge is 0.376 e. The Morgan fingerprint density at radius 3 is 2.95 bits per heavy atom. The van der Waals surface area contributed by atoms with Gasteiger partial charge in [0.2, 0.25) is 0 Å². The van der Waals surface area contributed by atoms with Crippen molar-refractivity contribution in [3.8, 4) is 0 Å². The first-order valence-electron chi connectivity index (χ1n) is 7.63. The third-order valence-corrected chi connectivity index (χ3v) is 3.76. The van der Waals surface area contributed by atoms with Gasteiger partial charge in [-0.3, -0.25) is 4.90 Å². The van der Waals surface area contributed by atoms with E-state index in [9.17, 15) is 8.78 Å². The molecule has 1 fully saturated rings. The predicted octanol–water partition coefficient (Wildman–Crippen LogP) is 2.73. The number of benzene rings is 1. The molecular formula is C16H24F2N2O. The summed E-state index contributed by atoms with van der Waals surface area (Å²) in [6.45, 7) is 7.86. The molecule has 0 aromatic heterocycles. The van der Waals surface area contributed by atoms with E-state index in [0.29, 0.717) is 18.7 Å². The second-order valence-electron chi connectivity index (χ2n) is 5.59. The highest BCUT2D eigenvalue weighted by Crippen LogP contribution is 2.21. The smallest absolute Gasteiger partial charge is 0.163 e. The van der Waals surface area contributed by atoms with Gasteiger partial charge in [-0.15, -0.1) is 0 Å². The minimum absolute atomic E-state index is 0.183. The normalized spacial score (nSPS) is 21.4. The van der Waals surface area contributed by atoms with Crippen molar-refractivity contribution in [2.75, 3.05) is 32.8 Å². The number of ether oxygens (including phenoxy) is 1. The van der Waals surface area contributed by atoms with Gasteiger partial charge in [0.1, 0.15) is 0 Å². The summed E-state index contributed by atoms with van der Waals surface area (Å²) in [6, 6.07) is 4.18. The first-order chi connectivity index (χ1) is 10.1. The van der Waals surface area contributed by atoms with Gasteiger partial charge in [-0.2, -0.15) is 0 Å². The van der Waals surface area contributed by atoms with Gasteiger partial charge in [-0.1, -0.05) is 19.1 Å². The van der Waals surface area contributed by atoms with E-state index in [-0.39, 0.29) is 12.1 Å². The molecule has 0 radical (unpaired) electrons. The molecule has 2 atom stereocenters. The van der Waals surface area contributed by atoms with Crippen molar-refractivity contribution in [2.45, 2.75) is 32.4 Å². The van der Waals surface area contributed by atoms with Crippen LogP contribution in [0.2, 0.25) is 0 Å². The van der Waals surface area contributed by atoms with Crippen LogP contribution in [0.5, 0.6) is 0 Å². The summed E-state index contributed by atoms with van der Waals surface area (Å²) in [6.07, 6.45) is 1.13. The summed E-state index contributed by atoms with van der Waals surface area (Å²) < 4.78 is 33.0. The molecule has 1 aliphatic rings. The van der Waals surface area contributed by atoms with Crippen molar-refractivity contribution in [1.82, 2.24) is 10.2 Å². The van der Waals surface area contributed by atoms with Crippen LogP contribution in [0.3, 0.4) is 0 Å². The van der Waals surface area contributed by atoms with Gasteiger partial charge in [0.15, 0.2) is 11.6 Å². The molecule has 0 amide bonds. The number of hydrogen-bond acceptors (Lipinski definition) is 3. The van der Waals surface area contributed by atoms with E-state index < -0.39 is 11.6 Å². The van der Waals surface area contributed by atoms with Crippen LogP contribution in [0.25, 0.3) is 0 Å². The number of hydrogen-bond donors (Lipinski definition) is 1. The Morgan fingerprint density at radius 1 is 1.43 bits per heavy atom. The van der Waals surface area contributed by atoms with E-state index in [1.54, 1.807) is 12.1 Å². The summed E-state index contributed by atoms with van der Waals surface area (Å²) in [4.78, 5) is 2.24. The lowest BCUT2D eigenvalue weighted by atomic mass is 10.0. The first kappa shape index (κ1) is 16.3. The number of nitrogens with one attached hydrogen (secondary N) is 1. The number of rotatable bonds is 6. The van der Waals surface area contributed by atoms with Crippen LogP contribution in [-0.2, 0) is 4.74 Å². The predicted molar refractivity (Wildman–Crippen MR) is 79.2 cm³/mol.